The molecule has 2 nitrogen and oxygen atoms in total. The van der Waals surface area contributed by atoms with Crippen molar-refractivity contribution in [3.8, 4) is 0 Å². The van der Waals surface area contributed by atoms with Crippen molar-refractivity contribution in [3.05, 3.63) is 0 Å². The second-order valence-corrected chi connectivity index (χ2v) is 3.48. The zero-order chi connectivity index (χ0) is 9.78. The van der Waals surface area contributed by atoms with Crippen molar-refractivity contribution >= 4 is 17.7 Å². The molecule has 1 N–H and O–H groups in total. The highest BCUT2D eigenvalue weighted by molar-refractivity contribution is 8.00. The molecule has 0 radical (unpaired) electrons. The quantitative estimate of drug-likeness (QED) is 0.760. The summed E-state index contributed by atoms with van der Waals surface area (Å²) in [6.07, 6.45) is 0.0412. The summed E-state index contributed by atoms with van der Waals surface area (Å²) in [6.45, 7) is 1.39. The maximum absolute atomic E-state index is 11.5. The Morgan fingerprint density at radius 1 is 1.58 bits per heavy atom. The van der Waals surface area contributed by atoms with Gasteiger partial charge >= 0.3 is 11.5 Å². The van der Waals surface area contributed by atoms with Gasteiger partial charge in [0.05, 0.1) is 5.92 Å². The third-order valence-electron chi connectivity index (χ3n) is 1.24. The van der Waals surface area contributed by atoms with Crippen LogP contribution in [0.5, 0.6) is 0 Å². The van der Waals surface area contributed by atoms with Gasteiger partial charge in [-0.2, -0.15) is 13.2 Å². The molecule has 0 heterocycles. The number of carbonyl (C=O) groups is 1. The molecule has 0 bridgehead atoms. The number of thioether (sulfide) groups is 1. The van der Waals surface area contributed by atoms with E-state index in [4.69, 9.17) is 5.11 Å². The summed E-state index contributed by atoms with van der Waals surface area (Å²) >= 11 is -0.184. The number of carboxylic acids is 1. The minimum absolute atomic E-state index is 0.0412. The van der Waals surface area contributed by atoms with Crippen molar-refractivity contribution < 1.29 is 23.1 Å². The Morgan fingerprint density at radius 3 is 2.42 bits per heavy atom. The third-order valence-corrected chi connectivity index (χ3v) is 2.01. The largest absolute Gasteiger partial charge is 0.481 e. The van der Waals surface area contributed by atoms with Gasteiger partial charge in [-0.15, -0.1) is 0 Å². The van der Waals surface area contributed by atoms with Crippen LogP contribution in [0.15, 0.2) is 0 Å². The van der Waals surface area contributed by atoms with Crippen LogP contribution in [0, 0.1) is 5.92 Å². The van der Waals surface area contributed by atoms with Crippen LogP contribution in [0.4, 0.5) is 13.2 Å². The molecule has 0 aromatic carbocycles. The summed E-state index contributed by atoms with van der Waals surface area (Å²) < 4.78 is 34.6. The zero-order valence-electron chi connectivity index (χ0n) is 6.39. The van der Waals surface area contributed by atoms with Gasteiger partial charge in [-0.05, 0) is 6.42 Å². The van der Waals surface area contributed by atoms with Crippen LogP contribution < -0.4 is 0 Å². The predicted octanol–water partition coefficient (Wildman–Crippen LogP) is 2.35. The van der Waals surface area contributed by atoms with Crippen molar-refractivity contribution in [2.24, 2.45) is 5.92 Å². The number of halogens is 3. The molecule has 72 valence electrons. The van der Waals surface area contributed by atoms with Gasteiger partial charge in [0.2, 0.25) is 0 Å². The molecule has 0 amide bonds. The number of aliphatic carboxylic acids is 1. The summed E-state index contributed by atoms with van der Waals surface area (Å²) in [5, 5.41) is 8.32. The lowest BCUT2D eigenvalue weighted by molar-refractivity contribution is -0.141. The minimum atomic E-state index is -4.25. The number of hydrogen-bond acceptors (Lipinski definition) is 2. The summed E-state index contributed by atoms with van der Waals surface area (Å²) in [5.41, 5.74) is -4.25. The number of alkyl halides is 3. The highest BCUT2D eigenvalue weighted by Crippen LogP contribution is 2.31. The van der Waals surface area contributed by atoms with Crippen LogP contribution >= 0.6 is 11.8 Å². The fourth-order valence-electron chi connectivity index (χ4n) is 0.475. The Balaban J connectivity index is 3.51. The van der Waals surface area contributed by atoms with Crippen LogP contribution in [0.1, 0.15) is 13.3 Å². The molecule has 0 aliphatic carbocycles. The smallest absolute Gasteiger partial charge is 0.441 e. The molecule has 1 unspecified atom stereocenters. The van der Waals surface area contributed by atoms with E-state index in [1.165, 1.54) is 6.92 Å². The Kier molecular flexibility index (Phi) is 4.44. The van der Waals surface area contributed by atoms with Gasteiger partial charge in [-0.1, -0.05) is 18.7 Å². The zero-order valence-corrected chi connectivity index (χ0v) is 7.21. The van der Waals surface area contributed by atoms with Gasteiger partial charge in [0.25, 0.3) is 0 Å². The first-order valence-electron chi connectivity index (χ1n) is 3.26. The monoisotopic (exact) mass is 202 g/mol. The van der Waals surface area contributed by atoms with Gasteiger partial charge in [-0.25, -0.2) is 0 Å². The highest BCUT2D eigenvalue weighted by atomic mass is 32.2. The van der Waals surface area contributed by atoms with E-state index in [0.29, 0.717) is 0 Å². The first-order chi connectivity index (χ1) is 5.33. The van der Waals surface area contributed by atoms with Crippen LogP contribution in [-0.4, -0.2) is 22.3 Å². The minimum Gasteiger partial charge on any atom is -0.481 e. The Morgan fingerprint density at radius 2 is 2.08 bits per heavy atom. The first kappa shape index (κ1) is 11.6. The second-order valence-electron chi connectivity index (χ2n) is 2.32. The summed E-state index contributed by atoms with van der Waals surface area (Å²) in [5.74, 6) is -1.96. The first-order valence-corrected chi connectivity index (χ1v) is 4.25. The number of hydrogen-bond donors (Lipinski definition) is 1. The van der Waals surface area contributed by atoms with Crippen molar-refractivity contribution in [1.82, 2.24) is 0 Å². The van der Waals surface area contributed by atoms with Crippen molar-refractivity contribution in [3.63, 3.8) is 0 Å². The topological polar surface area (TPSA) is 37.3 Å². The molecule has 0 spiro atoms. The van der Waals surface area contributed by atoms with E-state index in [2.05, 4.69) is 0 Å². The van der Waals surface area contributed by atoms with Gasteiger partial charge in [0.1, 0.15) is 0 Å². The third kappa shape index (κ3) is 6.33. The van der Waals surface area contributed by atoms with E-state index < -0.39 is 17.4 Å². The van der Waals surface area contributed by atoms with Gasteiger partial charge in [0, 0.05) is 5.75 Å². The molecule has 0 fully saturated rings. The Labute approximate surface area is 72.1 Å². The van der Waals surface area contributed by atoms with Crippen LogP contribution in [0.25, 0.3) is 0 Å². The molecule has 0 saturated carbocycles. The summed E-state index contributed by atoms with van der Waals surface area (Å²) in [6, 6.07) is 0. The maximum atomic E-state index is 11.5. The van der Waals surface area contributed by atoms with Gasteiger partial charge in [0.15, 0.2) is 0 Å². The lowest BCUT2D eigenvalue weighted by Gasteiger charge is -2.07. The average molecular weight is 202 g/mol. The average Bonchev–Trinajstić information content (AvgIpc) is 1.84. The number of rotatable bonds is 4. The van der Waals surface area contributed by atoms with E-state index >= 15 is 0 Å². The molecule has 1 atom stereocenters. The normalized spacial score (nSPS) is 14.3. The van der Waals surface area contributed by atoms with E-state index in [1.54, 1.807) is 0 Å². The summed E-state index contributed by atoms with van der Waals surface area (Å²) in [7, 11) is 0. The van der Waals surface area contributed by atoms with Crippen LogP contribution in [0.3, 0.4) is 0 Å². The van der Waals surface area contributed by atoms with Crippen molar-refractivity contribution in [2.75, 3.05) is 5.75 Å². The Bertz CT molecular complexity index is 157. The van der Waals surface area contributed by atoms with E-state index in [9.17, 15) is 18.0 Å². The highest BCUT2D eigenvalue weighted by Gasteiger charge is 2.28. The molecule has 6 heteroatoms. The predicted molar refractivity (Wildman–Crippen MR) is 39.9 cm³/mol. The fraction of sp³-hybridized carbons (Fsp3) is 0.833. The standard InChI is InChI=1S/C6H9F3O2S/c1-4(5(10)11)2-3-12-6(7,8)9/h4H,2-3H2,1H3,(H,10,11). The molecule has 0 rings (SSSR count). The second kappa shape index (κ2) is 4.59. The molecular weight excluding hydrogens is 193 g/mol. The molecule has 0 aromatic heterocycles. The van der Waals surface area contributed by atoms with E-state index in [1.807, 2.05) is 0 Å². The lowest BCUT2D eigenvalue weighted by atomic mass is 10.1. The molecule has 0 saturated heterocycles. The lowest BCUT2D eigenvalue weighted by Crippen LogP contribution is -2.11. The van der Waals surface area contributed by atoms with E-state index in [0.717, 1.165) is 0 Å². The molecule has 0 aromatic rings. The summed E-state index contributed by atoms with van der Waals surface area (Å²) in [4.78, 5) is 10.2. The van der Waals surface area contributed by atoms with Crippen LogP contribution in [0.2, 0.25) is 0 Å². The maximum Gasteiger partial charge on any atom is 0.441 e. The molecule has 12 heavy (non-hydrogen) atoms. The number of carboxylic acid groups (broad SMARTS) is 1. The van der Waals surface area contributed by atoms with Crippen molar-refractivity contribution in [1.29, 1.82) is 0 Å². The molecular formula is C6H9F3O2S. The van der Waals surface area contributed by atoms with Gasteiger partial charge < -0.3 is 5.11 Å². The van der Waals surface area contributed by atoms with Crippen LogP contribution in [-0.2, 0) is 4.79 Å². The van der Waals surface area contributed by atoms with E-state index in [-0.39, 0.29) is 23.9 Å². The van der Waals surface area contributed by atoms with Crippen molar-refractivity contribution in [2.45, 2.75) is 18.9 Å². The fourth-order valence-corrected chi connectivity index (χ4v) is 1.18. The molecule has 0 aliphatic rings. The van der Waals surface area contributed by atoms with Gasteiger partial charge in [-0.3, -0.25) is 4.79 Å². The Hall–Kier alpha value is -0.390. The molecule has 0 aliphatic heterocycles. The SMILES string of the molecule is CC(CCSC(F)(F)F)C(=O)O.